The lowest BCUT2D eigenvalue weighted by atomic mass is 10.3. The maximum Gasteiger partial charge on any atom is 0.240 e. The van der Waals surface area contributed by atoms with Crippen LogP contribution in [0.4, 0.5) is 0 Å². The van der Waals surface area contributed by atoms with Gasteiger partial charge in [-0.15, -0.1) is 12.4 Å². The zero-order valence-corrected chi connectivity index (χ0v) is 8.15. The number of hydrogen-bond acceptors (Lipinski definition) is 4. The molecule has 0 aliphatic heterocycles. The molecule has 1 rings (SSSR count). The second kappa shape index (κ2) is 5.97. The molecule has 0 amide bonds. The molecule has 1 heterocycles. The van der Waals surface area contributed by atoms with Crippen LogP contribution in [0.1, 0.15) is 25.1 Å². The molecule has 0 saturated heterocycles. The minimum Gasteiger partial charge on any atom is -0.338 e. The highest BCUT2D eigenvalue weighted by atomic mass is 35.5. The SMILES string of the molecule is CCCc1noc(CNC)n1.Cl. The lowest BCUT2D eigenvalue weighted by Gasteiger charge is -1.86. The molecule has 0 radical (unpaired) electrons. The van der Waals surface area contributed by atoms with Crippen LogP contribution in [0.15, 0.2) is 4.52 Å². The Morgan fingerprint density at radius 3 is 2.83 bits per heavy atom. The second-order valence-corrected chi connectivity index (χ2v) is 2.38. The van der Waals surface area contributed by atoms with Gasteiger partial charge in [-0.05, 0) is 13.5 Å². The van der Waals surface area contributed by atoms with E-state index in [9.17, 15) is 0 Å². The van der Waals surface area contributed by atoms with Crippen LogP contribution in [-0.2, 0) is 13.0 Å². The van der Waals surface area contributed by atoms with Crippen LogP contribution < -0.4 is 5.32 Å². The summed E-state index contributed by atoms with van der Waals surface area (Å²) in [6.07, 6.45) is 1.95. The number of rotatable bonds is 4. The van der Waals surface area contributed by atoms with Gasteiger partial charge < -0.3 is 9.84 Å². The summed E-state index contributed by atoms with van der Waals surface area (Å²) in [5.74, 6) is 1.47. The van der Waals surface area contributed by atoms with E-state index in [1.54, 1.807) is 0 Å². The molecule has 1 aromatic rings. The molecule has 4 nitrogen and oxygen atoms in total. The van der Waals surface area contributed by atoms with E-state index < -0.39 is 0 Å². The highest BCUT2D eigenvalue weighted by Crippen LogP contribution is 1.98. The Bertz CT molecular complexity index is 194. The number of aromatic nitrogens is 2. The molecule has 0 atom stereocenters. The van der Waals surface area contributed by atoms with Crippen molar-refractivity contribution >= 4 is 12.4 Å². The third-order valence-corrected chi connectivity index (χ3v) is 1.31. The zero-order chi connectivity index (χ0) is 8.10. The van der Waals surface area contributed by atoms with Gasteiger partial charge in [-0.1, -0.05) is 12.1 Å². The molecular formula is C7H14ClN3O. The highest BCUT2D eigenvalue weighted by molar-refractivity contribution is 5.85. The molecule has 0 spiro atoms. The molecule has 0 saturated carbocycles. The Labute approximate surface area is 78.1 Å². The van der Waals surface area contributed by atoms with Gasteiger partial charge >= 0.3 is 0 Å². The van der Waals surface area contributed by atoms with Gasteiger partial charge in [0.2, 0.25) is 5.89 Å². The molecule has 5 heteroatoms. The first kappa shape index (κ1) is 11.4. The minimum absolute atomic E-state index is 0. The fourth-order valence-corrected chi connectivity index (χ4v) is 0.838. The van der Waals surface area contributed by atoms with Crippen LogP contribution in [0.2, 0.25) is 0 Å². The van der Waals surface area contributed by atoms with Crippen molar-refractivity contribution in [2.24, 2.45) is 0 Å². The van der Waals surface area contributed by atoms with E-state index in [2.05, 4.69) is 22.4 Å². The monoisotopic (exact) mass is 191 g/mol. The maximum absolute atomic E-state index is 4.93. The summed E-state index contributed by atoms with van der Waals surface area (Å²) in [5, 5.41) is 6.74. The number of nitrogens with one attached hydrogen (secondary N) is 1. The minimum atomic E-state index is 0. The van der Waals surface area contributed by atoms with Gasteiger partial charge in [0.15, 0.2) is 5.82 Å². The largest absolute Gasteiger partial charge is 0.338 e. The third-order valence-electron chi connectivity index (χ3n) is 1.31. The summed E-state index contributed by atoms with van der Waals surface area (Å²) in [5.41, 5.74) is 0. The summed E-state index contributed by atoms with van der Waals surface area (Å²) in [4.78, 5) is 4.15. The maximum atomic E-state index is 4.93. The Hall–Kier alpha value is -0.610. The number of aryl methyl sites for hydroxylation is 1. The van der Waals surface area contributed by atoms with Crippen LogP contribution >= 0.6 is 12.4 Å². The van der Waals surface area contributed by atoms with E-state index in [1.807, 2.05) is 7.05 Å². The molecule has 1 aromatic heterocycles. The van der Waals surface area contributed by atoms with Crippen molar-refractivity contribution in [1.82, 2.24) is 15.5 Å². The summed E-state index contributed by atoms with van der Waals surface area (Å²) in [6, 6.07) is 0. The lowest BCUT2D eigenvalue weighted by molar-refractivity contribution is 0.367. The van der Waals surface area contributed by atoms with Gasteiger partial charge in [-0.25, -0.2) is 0 Å². The Balaban J connectivity index is 0.00000121. The third kappa shape index (κ3) is 3.19. The average Bonchev–Trinajstić information content (AvgIpc) is 2.38. The molecule has 0 fully saturated rings. The molecule has 0 unspecified atom stereocenters. The molecule has 0 aromatic carbocycles. The van der Waals surface area contributed by atoms with Gasteiger partial charge in [-0.3, -0.25) is 0 Å². The molecule has 1 N–H and O–H groups in total. The smallest absolute Gasteiger partial charge is 0.240 e. The lowest BCUT2D eigenvalue weighted by Crippen LogP contribution is -2.05. The molecule has 0 bridgehead atoms. The first-order valence-electron chi connectivity index (χ1n) is 3.83. The predicted molar refractivity (Wildman–Crippen MR) is 48.3 cm³/mol. The normalized spacial score (nSPS) is 9.50. The van der Waals surface area contributed by atoms with E-state index in [0.29, 0.717) is 12.4 Å². The quantitative estimate of drug-likeness (QED) is 0.776. The standard InChI is InChI=1S/C7H13N3O.ClH/c1-3-4-6-9-7(5-8-2)11-10-6;/h8H,3-5H2,1-2H3;1H. The first-order valence-corrected chi connectivity index (χ1v) is 3.83. The Morgan fingerprint density at radius 1 is 1.50 bits per heavy atom. The zero-order valence-electron chi connectivity index (χ0n) is 7.33. The van der Waals surface area contributed by atoms with Crippen molar-refractivity contribution < 1.29 is 4.52 Å². The predicted octanol–water partition coefficient (Wildman–Crippen LogP) is 1.16. The van der Waals surface area contributed by atoms with Crippen molar-refractivity contribution in [2.75, 3.05) is 7.05 Å². The van der Waals surface area contributed by atoms with Crippen molar-refractivity contribution in [3.8, 4) is 0 Å². The van der Waals surface area contributed by atoms with Gasteiger partial charge in [0.05, 0.1) is 6.54 Å². The fraction of sp³-hybridized carbons (Fsp3) is 0.714. The van der Waals surface area contributed by atoms with Crippen molar-refractivity contribution in [3.63, 3.8) is 0 Å². The van der Waals surface area contributed by atoms with Gasteiger partial charge in [0.25, 0.3) is 0 Å². The van der Waals surface area contributed by atoms with E-state index in [0.717, 1.165) is 18.7 Å². The van der Waals surface area contributed by atoms with E-state index in [1.165, 1.54) is 0 Å². The number of halogens is 1. The fourth-order valence-electron chi connectivity index (χ4n) is 0.838. The van der Waals surface area contributed by atoms with Crippen LogP contribution in [0, 0.1) is 0 Å². The number of hydrogen-bond donors (Lipinski definition) is 1. The summed E-state index contributed by atoms with van der Waals surface area (Å²) in [6.45, 7) is 2.74. The van der Waals surface area contributed by atoms with Gasteiger partial charge in [0, 0.05) is 6.42 Å². The average molecular weight is 192 g/mol. The summed E-state index contributed by atoms with van der Waals surface area (Å²) in [7, 11) is 1.85. The Kier molecular flexibility index (Phi) is 5.66. The summed E-state index contributed by atoms with van der Waals surface area (Å²) < 4.78 is 4.93. The molecular weight excluding hydrogens is 178 g/mol. The van der Waals surface area contributed by atoms with Crippen LogP contribution in [0.3, 0.4) is 0 Å². The van der Waals surface area contributed by atoms with E-state index in [-0.39, 0.29) is 12.4 Å². The van der Waals surface area contributed by atoms with E-state index >= 15 is 0 Å². The topological polar surface area (TPSA) is 51.0 Å². The van der Waals surface area contributed by atoms with Crippen molar-refractivity contribution in [3.05, 3.63) is 11.7 Å². The first-order chi connectivity index (χ1) is 5.36. The van der Waals surface area contributed by atoms with Crippen molar-refractivity contribution in [2.45, 2.75) is 26.3 Å². The van der Waals surface area contributed by atoms with Crippen molar-refractivity contribution in [1.29, 1.82) is 0 Å². The molecule has 0 aliphatic carbocycles. The highest BCUT2D eigenvalue weighted by Gasteiger charge is 2.02. The van der Waals surface area contributed by atoms with Crippen LogP contribution in [0.25, 0.3) is 0 Å². The summed E-state index contributed by atoms with van der Waals surface area (Å²) >= 11 is 0. The molecule has 12 heavy (non-hydrogen) atoms. The van der Waals surface area contributed by atoms with Gasteiger partial charge in [0.1, 0.15) is 0 Å². The second-order valence-electron chi connectivity index (χ2n) is 2.38. The van der Waals surface area contributed by atoms with Crippen LogP contribution in [0.5, 0.6) is 0 Å². The number of nitrogens with zero attached hydrogens (tertiary/aromatic N) is 2. The molecule has 0 aliphatic rings. The van der Waals surface area contributed by atoms with Gasteiger partial charge in [-0.2, -0.15) is 4.98 Å². The van der Waals surface area contributed by atoms with E-state index in [4.69, 9.17) is 4.52 Å². The molecule has 70 valence electrons. The Morgan fingerprint density at radius 2 is 2.25 bits per heavy atom. The van der Waals surface area contributed by atoms with Crippen LogP contribution in [-0.4, -0.2) is 17.2 Å².